The Morgan fingerprint density at radius 3 is 2.14 bits per heavy atom. The molecule has 0 fully saturated rings. The van der Waals surface area contributed by atoms with Crippen LogP contribution in [0.25, 0.3) is 0 Å². The van der Waals surface area contributed by atoms with Gasteiger partial charge in [-0.3, -0.25) is 0 Å². The fourth-order valence-corrected chi connectivity index (χ4v) is 1.67. The predicted molar refractivity (Wildman–Crippen MR) is 81.3 cm³/mol. The third-order valence-corrected chi connectivity index (χ3v) is 2.59. The Morgan fingerprint density at radius 2 is 1.57 bits per heavy atom. The summed E-state index contributed by atoms with van der Waals surface area (Å²) in [7, 11) is 0. The number of hydrogen-bond donors (Lipinski definition) is 0. The molecule has 1 rings (SSSR count). The summed E-state index contributed by atoms with van der Waals surface area (Å²) in [6, 6.07) is 4.69. The summed E-state index contributed by atoms with van der Waals surface area (Å²) in [6.45, 7) is 10.9. The fraction of sp³-hybridized carbons (Fsp3) is 0.176. The highest BCUT2D eigenvalue weighted by Gasteiger charge is 2.15. The summed E-state index contributed by atoms with van der Waals surface area (Å²) in [4.78, 5) is 23.7. The van der Waals surface area contributed by atoms with Gasteiger partial charge in [-0.2, -0.15) is 0 Å². The number of rotatable bonds is 8. The Bertz CT molecular complexity index is 558. The summed E-state index contributed by atoms with van der Waals surface area (Å²) >= 11 is 0. The van der Waals surface area contributed by atoms with Gasteiger partial charge in [0.15, 0.2) is 0 Å². The molecule has 0 aromatic heterocycles. The first-order valence-electron chi connectivity index (χ1n) is 6.43. The van der Waals surface area contributed by atoms with Crippen molar-refractivity contribution in [3.8, 4) is 0 Å². The lowest BCUT2D eigenvalue weighted by Crippen LogP contribution is -2.11. The van der Waals surface area contributed by atoms with E-state index >= 15 is 0 Å². The first-order valence-corrected chi connectivity index (χ1v) is 6.43. The van der Waals surface area contributed by atoms with Crippen LogP contribution >= 0.6 is 0 Å². The summed E-state index contributed by atoms with van der Waals surface area (Å²) < 4.78 is 9.97. The third kappa shape index (κ3) is 4.76. The standard InChI is InChI=1S/C17H18O4/c1-4-7-13-12-14(16(18)20-10-5-2)8-9-15(13)17(19)21-11-6-3/h4-6,8-9,12H,1-3,7,10-11H2. The molecule has 0 aliphatic carbocycles. The molecular formula is C17H18O4. The van der Waals surface area contributed by atoms with E-state index in [0.717, 1.165) is 0 Å². The minimum Gasteiger partial charge on any atom is -0.458 e. The van der Waals surface area contributed by atoms with Crippen LogP contribution in [-0.2, 0) is 15.9 Å². The van der Waals surface area contributed by atoms with E-state index in [0.29, 0.717) is 23.1 Å². The molecule has 110 valence electrons. The van der Waals surface area contributed by atoms with Gasteiger partial charge in [0.25, 0.3) is 0 Å². The molecule has 4 nitrogen and oxygen atoms in total. The second kappa shape index (κ2) is 8.53. The van der Waals surface area contributed by atoms with Gasteiger partial charge in [0, 0.05) is 0 Å². The van der Waals surface area contributed by atoms with Crippen molar-refractivity contribution in [2.24, 2.45) is 0 Å². The molecule has 0 saturated heterocycles. The Labute approximate surface area is 124 Å². The maximum absolute atomic E-state index is 11.9. The van der Waals surface area contributed by atoms with Crippen LogP contribution in [-0.4, -0.2) is 25.2 Å². The molecule has 0 unspecified atom stereocenters. The number of carbonyl (C=O) groups is 2. The number of ether oxygens (including phenoxy) is 2. The molecule has 0 heterocycles. The van der Waals surface area contributed by atoms with E-state index in [2.05, 4.69) is 19.7 Å². The SMILES string of the molecule is C=CCOC(=O)c1ccc(C(=O)OCC=C)c(CC=C)c1. The van der Waals surface area contributed by atoms with Gasteiger partial charge >= 0.3 is 11.9 Å². The molecule has 0 aliphatic rings. The Kier molecular flexibility index (Phi) is 6.68. The quantitative estimate of drug-likeness (QED) is 0.544. The van der Waals surface area contributed by atoms with Crippen LogP contribution in [0.15, 0.2) is 56.2 Å². The lowest BCUT2D eigenvalue weighted by Gasteiger charge is -2.09. The summed E-state index contributed by atoms with van der Waals surface area (Å²) in [6.07, 6.45) is 5.08. The summed E-state index contributed by atoms with van der Waals surface area (Å²) in [5, 5.41) is 0. The highest BCUT2D eigenvalue weighted by molar-refractivity contribution is 5.95. The first-order chi connectivity index (χ1) is 10.1. The fourth-order valence-electron chi connectivity index (χ4n) is 1.67. The Balaban J connectivity index is 3.03. The summed E-state index contributed by atoms with van der Waals surface area (Å²) in [5.74, 6) is -0.927. The van der Waals surface area contributed by atoms with Crippen LogP contribution in [0.5, 0.6) is 0 Å². The van der Waals surface area contributed by atoms with Gasteiger partial charge < -0.3 is 9.47 Å². The molecule has 0 spiro atoms. The largest absolute Gasteiger partial charge is 0.458 e. The van der Waals surface area contributed by atoms with Gasteiger partial charge in [0.2, 0.25) is 0 Å². The second-order valence-electron chi connectivity index (χ2n) is 4.14. The lowest BCUT2D eigenvalue weighted by atomic mass is 10.0. The van der Waals surface area contributed by atoms with Crippen LogP contribution in [0.3, 0.4) is 0 Å². The van der Waals surface area contributed by atoms with Gasteiger partial charge in [-0.1, -0.05) is 31.4 Å². The van der Waals surface area contributed by atoms with Crippen molar-refractivity contribution in [2.75, 3.05) is 13.2 Å². The minimum atomic E-state index is -0.466. The number of hydrogen-bond acceptors (Lipinski definition) is 4. The van der Waals surface area contributed by atoms with E-state index in [1.54, 1.807) is 18.2 Å². The average Bonchev–Trinajstić information content (AvgIpc) is 2.50. The monoisotopic (exact) mass is 286 g/mol. The van der Waals surface area contributed by atoms with Crippen LogP contribution < -0.4 is 0 Å². The molecule has 0 amide bonds. The smallest absolute Gasteiger partial charge is 0.338 e. The molecule has 1 aromatic rings. The van der Waals surface area contributed by atoms with E-state index in [1.165, 1.54) is 18.2 Å². The van der Waals surface area contributed by atoms with Gasteiger partial charge in [-0.05, 0) is 30.2 Å². The third-order valence-electron chi connectivity index (χ3n) is 2.59. The van der Waals surface area contributed by atoms with Gasteiger partial charge in [0.05, 0.1) is 11.1 Å². The maximum Gasteiger partial charge on any atom is 0.338 e. The number of esters is 2. The second-order valence-corrected chi connectivity index (χ2v) is 4.14. The molecule has 0 aliphatic heterocycles. The molecule has 1 aromatic carbocycles. The van der Waals surface area contributed by atoms with Gasteiger partial charge in [-0.25, -0.2) is 9.59 Å². The highest BCUT2D eigenvalue weighted by atomic mass is 16.5. The van der Waals surface area contributed by atoms with Gasteiger partial charge in [-0.15, -0.1) is 6.58 Å². The zero-order valence-electron chi connectivity index (χ0n) is 11.8. The topological polar surface area (TPSA) is 52.6 Å². The molecule has 0 atom stereocenters. The van der Waals surface area contributed by atoms with Crippen molar-refractivity contribution in [1.82, 2.24) is 0 Å². The molecule has 0 radical (unpaired) electrons. The normalized spacial score (nSPS) is 9.52. The van der Waals surface area contributed by atoms with Gasteiger partial charge in [0.1, 0.15) is 13.2 Å². The van der Waals surface area contributed by atoms with E-state index in [9.17, 15) is 9.59 Å². The van der Waals surface area contributed by atoms with E-state index in [1.807, 2.05) is 0 Å². The number of carbonyl (C=O) groups excluding carboxylic acids is 2. The van der Waals surface area contributed by atoms with Crippen molar-refractivity contribution < 1.29 is 19.1 Å². The molecule has 21 heavy (non-hydrogen) atoms. The van der Waals surface area contributed by atoms with Crippen molar-refractivity contribution in [3.63, 3.8) is 0 Å². The maximum atomic E-state index is 11.9. The van der Waals surface area contributed by atoms with Crippen molar-refractivity contribution in [3.05, 3.63) is 72.9 Å². The molecule has 0 saturated carbocycles. The minimum absolute atomic E-state index is 0.134. The zero-order valence-corrected chi connectivity index (χ0v) is 11.8. The Morgan fingerprint density at radius 1 is 0.952 bits per heavy atom. The average molecular weight is 286 g/mol. The molecule has 0 bridgehead atoms. The number of allylic oxidation sites excluding steroid dienone is 1. The molecular weight excluding hydrogens is 268 g/mol. The van der Waals surface area contributed by atoms with Crippen LogP contribution in [0.2, 0.25) is 0 Å². The molecule has 0 N–H and O–H groups in total. The zero-order chi connectivity index (χ0) is 15.7. The highest BCUT2D eigenvalue weighted by Crippen LogP contribution is 2.16. The first kappa shape index (κ1) is 16.4. The van der Waals surface area contributed by atoms with Crippen LogP contribution in [0.4, 0.5) is 0 Å². The van der Waals surface area contributed by atoms with E-state index in [-0.39, 0.29) is 13.2 Å². The van der Waals surface area contributed by atoms with E-state index in [4.69, 9.17) is 9.47 Å². The molecule has 4 heteroatoms. The number of benzene rings is 1. The lowest BCUT2D eigenvalue weighted by molar-refractivity contribution is 0.0534. The summed E-state index contributed by atoms with van der Waals surface area (Å²) in [5.41, 5.74) is 1.43. The van der Waals surface area contributed by atoms with Crippen molar-refractivity contribution in [2.45, 2.75) is 6.42 Å². The van der Waals surface area contributed by atoms with Crippen LogP contribution in [0.1, 0.15) is 26.3 Å². The van der Waals surface area contributed by atoms with Crippen LogP contribution in [0, 0.1) is 0 Å². The predicted octanol–water partition coefficient (Wildman–Crippen LogP) is 3.10. The van der Waals surface area contributed by atoms with Crippen molar-refractivity contribution >= 4 is 11.9 Å². The Hall–Kier alpha value is -2.62. The van der Waals surface area contributed by atoms with E-state index < -0.39 is 11.9 Å². The van der Waals surface area contributed by atoms with Crippen molar-refractivity contribution in [1.29, 1.82) is 0 Å².